The monoisotopic (exact) mass is 198 g/mol. The van der Waals surface area contributed by atoms with Crippen LogP contribution in [-0.4, -0.2) is 9.55 Å². The van der Waals surface area contributed by atoms with E-state index in [1.807, 2.05) is 25.2 Å². The van der Waals surface area contributed by atoms with Gasteiger partial charge >= 0.3 is 0 Å². The van der Waals surface area contributed by atoms with Crippen LogP contribution in [0.2, 0.25) is 0 Å². The van der Waals surface area contributed by atoms with Gasteiger partial charge in [0.05, 0.1) is 5.52 Å². The zero-order valence-corrected chi connectivity index (χ0v) is 8.32. The Hall–Kier alpha value is -2.03. The molecule has 0 radical (unpaired) electrons. The van der Waals surface area contributed by atoms with Gasteiger partial charge in [0.1, 0.15) is 0 Å². The summed E-state index contributed by atoms with van der Waals surface area (Å²) >= 11 is 0. The van der Waals surface area contributed by atoms with E-state index in [0.717, 1.165) is 21.8 Å². The number of aromatic nitrogens is 2. The number of aromatic amines is 1. The number of benzene rings is 1. The quantitative estimate of drug-likeness (QED) is 0.589. The molecule has 0 aliphatic rings. The molecule has 15 heavy (non-hydrogen) atoms. The van der Waals surface area contributed by atoms with E-state index in [1.165, 1.54) is 0 Å². The van der Waals surface area contributed by atoms with Gasteiger partial charge in [0, 0.05) is 35.6 Å². The van der Waals surface area contributed by atoms with Gasteiger partial charge in [-0.25, -0.2) is 0 Å². The normalized spacial score (nSPS) is 11.3. The second kappa shape index (κ2) is 2.73. The molecule has 0 saturated heterocycles. The zero-order chi connectivity index (χ0) is 10.4. The van der Waals surface area contributed by atoms with Crippen LogP contribution in [0.15, 0.2) is 41.3 Å². The predicted octanol–water partition coefficient (Wildman–Crippen LogP) is 2.02. The molecular weight excluding hydrogens is 188 g/mol. The Morgan fingerprint density at radius 2 is 1.93 bits per heavy atom. The fraction of sp³-hybridized carbons (Fsp3) is 0.0833. The number of nitrogens with one attached hydrogen (secondary N) is 1. The first-order valence-electron chi connectivity index (χ1n) is 4.83. The van der Waals surface area contributed by atoms with Crippen LogP contribution >= 0.6 is 0 Å². The maximum Gasteiger partial charge on any atom is 0.248 e. The minimum atomic E-state index is -0.0566. The fourth-order valence-electron chi connectivity index (χ4n) is 2.08. The lowest BCUT2D eigenvalue weighted by Gasteiger charge is -1.95. The van der Waals surface area contributed by atoms with E-state index in [-0.39, 0.29) is 5.56 Å². The van der Waals surface area contributed by atoms with Gasteiger partial charge in [0.15, 0.2) is 0 Å². The molecule has 2 aromatic heterocycles. The molecule has 1 N–H and O–H groups in total. The van der Waals surface area contributed by atoms with Crippen LogP contribution in [0.1, 0.15) is 0 Å². The van der Waals surface area contributed by atoms with Crippen LogP contribution in [0.4, 0.5) is 0 Å². The third-order valence-corrected chi connectivity index (χ3v) is 2.82. The summed E-state index contributed by atoms with van der Waals surface area (Å²) < 4.78 is 2.08. The molecule has 0 bridgehead atoms. The van der Waals surface area contributed by atoms with Gasteiger partial charge < -0.3 is 9.55 Å². The van der Waals surface area contributed by atoms with Crippen molar-refractivity contribution >= 4 is 21.8 Å². The molecule has 74 valence electrons. The molecule has 0 fully saturated rings. The van der Waals surface area contributed by atoms with E-state index in [9.17, 15) is 4.79 Å². The Balaban J connectivity index is 2.70. The lowest BCUT2D eigenvalue weighted by molar-refractivity contribution is 1.01. The van der Waals surface area contributed by atoms with Crippen molar-refractivity contribution in [2.75, 3.05) is 0 Å². The highest BCUT2D eigenvalue weighted by Crippen LogP contribution is 2.25. The minimum Gasteiger partial charge on any atom is -0.342 e. The van der Waals surface area contributed by atoms with Crippen LogP contribution in [0.3, 0.4) is 0 Å². The summed E-state index contributed by atoms with van der Waals surface area (Å²) in [6.45, 7) is 0. The number of H-pyrrole nitrogens is 1. The molecule has 0 saturated carbocycles. The van der Waals surface area contributed by atoms with Gasteiger partial charge in [0.25, 0.3) is 0 Å². The summed E-state index contributed by atoms with van der Waals surface area (Å²) in [6, 6.07) is 9.74. The van der Waals surface area contributed by atoms with Crippen molar-refractivity contribution in [3.63, 3.8) is 0 Å². The van der Waals surface area contributed by atoms with Crippen molar-refractivity contribution in [3.8, 4) is 0 Å². The SMILES string of the molecule is Cn1c2ccccc2c2cc(=O)[nH]cc21. The summed E-state index contributed by atoms with van der Waals surface area (Å²) in [4.78, 5) is 14.0. The third kappa shape index (κ3) is 1.03. The molecule has 1 aromatic carbocycles. The molecular formula is C12H10N2O. The van der Waals surface area contributed by atoms with Gasteiger partial charge in [-0.3, -0.25) is 4.79 Å². The predicted molar refractivity (Wildman–Crippen MR) is 61.0 cm³/mol. The molecule has 0 unspecified atom stereocenters. The van der Waals surface area contributed by atoms with Gasteiger partial charge in [-0.15, -0.1) is 0 Å². The zero-order valence-electron chi connectivity index (χ0n) is 8.32. The van der Waals surface area contributed by atoms with Gasteiger partial charge in [-0.05, 0) is 6.07 Å². The average molecular weight is 198 g/mol. The highest BCUT2D eigenvalue weighted by Gasteiger charge is 2.06. The van der Waals surface area contributed by atoms with Crippen LogP contribution in [0.5, 0.6) is 0 Å². The van der Waals surface area contributed by atoms with Crippen LogP contribution in [-0.2, 0) is 7.05 Å². The second-order valence-electron chi connectivity index (χ2n) is 3.67. The molecule has 0 aliphatic heterocycles. The molecule has 3 nitrogen and oxygen atoms in total. The molecule has 0 atom stereocenters. The smallest absolute Gasteiger partial charge is 0.248 e. The minimum absolute atomic E-state index is 0.0566. The van der Waals surface area contributed by atoms with Gasteiger partial charge in [-0.1, -0.05) is 18.2 Å². The van der Waals surface area contributed by atoms with E-state index < -0.39 is 0 Å². The van der Waals surface area contributed by atoms with E-state index >= 15 is 0 Å². The van der Waals surface area contributed by atoms with Crippen molar-refractivity contribution in [2.24, 2.45) is 7.05 Å². The number of hydrogen-bond acceptors (Lipinski definition) is 1. The maximum atomic E-state index is 11.3. The number of rotatable bonds is 0. The second-order valence-corrected chi connectivity index (χ2v) is 3.67. The number of nitrogens with zero attached hydrogens (tertiary/aromatic N) is 1. The van der Waals surface area contributed by atoms with E-state index in [0.29, 0.717) is 0 Å². The van der Waals surface area contributed by atoms with E-state index in [2.05, 4.69) is 15.6 Å². The Morgan fingerprint density at radius 3 is 2.80 bits per heavy atom. The largest absolute Gasteiger partial charge is 0.342 e. The average Bonchev–Trinajstić information content (AvgIpc) is 2.54. The van der Waals surface area contributed by atoms with Crippen molar-refractivity contribution in [1.82, 2.24) is 9.55 Å². The summed E-state index contributed by atoms with van der Waals surface area (Å²) in [7, 11) is 2.00. The van der Waals surface area contributed by atoms with E-state index in [4.69, 9.17) is 0 Å². The first-order chi connectivity index (χ1) is 7.27. The Labute approximate surface area is 86.0 Å². The standard InChI is InChI=1S/C12H10N2O/c1-14-10-5-3-2-4-8(10)9-6-12(15)13-7-11(9)14/h2-7H,1H3,(H,13,15). The summed E-state index contributed by atoms with van der Waals surface area (Å²) in [5.41, 5.74) is 2.14. The van der Waals surface area contributed by atoms with Crippen LogP contribution in [0, 0.1) is 0 Å². The summed E-state index contributed by atoms with van der Waals surface area (Å²) in [5.74, 6) is 0. The first-order valence-corrected chi connectivity index (χ1v) is 4.83. The van der Waals surface area contributed by atoms with Gasteiger partial charge in [0.2, 0.25) is 5.56 Å². The number of pyridine rings is 1. The molecule has 0 spiro atoms. The Morgan fingerprint density at radius 1 is 1.13 bits per heavy atom. The Bertz CT molecular complexity index is 706. The van der Waals surface area contributed by atoms with Crippen molar-refractivity contribution in [2.45, 2.75) is 0 Å². The number of aryl methyl sites for hydroxylation is 1. The summed E-state index contributed by atoms with van der Waals surface area (Å²) in [5, 5.41) is 2.14. The molecule has 3 heteroatoms. The first kappa shape index (κ1) is 8.29. The van der Waals surface area contributed by atoms with Crippen LogP contribution in [0.25, 0.3) is 21.8 Å². The number of hydrogen-bond donors (Lipinski definition) is 1. The maximum absolute atomic E-state index is 11.3. The molecule has 2 heterocycles. The van der Waals surface area contributed by atoms with Crippen LogP contribution < -0.4 is 5.56 Å². The Kier molecular flexibility index (Phi) is 1.51. The highest BCUT2D eigenvalue weighted by atomic mass is 16.1. The van der Waals surface area contributed by atoms with Gasteiger partial charge in [-0.2, -0.15) is 0 Å². The van der Waals surface area contributed by atoms with Crippen molar-refractivity contribution < 1.29 is 0 Å². The molecule has 0 amide bonds. The number of fused-ring (bicyclic) bond motifs is 3. The number of para-hydroxylation sites is 1. The fourth-order valence-corrected chi connectivity index (χ4v) is 2.08. The highest BCUT2D eigenvalue weighted by molar-refractivity contribution is 6.07. The molecule has 3 rings (SSSR count). The lowest BCUT2D eigenvalue weighted by Crippen LogP contribution is -2.01. The molecule has 3 aromatic rings. The molecule has 0 aliphatic carbocycles. The van der Waals surface area contributed by atoms with Crippen molar-refractivity contribution in [1.29, 1.82) is 0 Å². The van der Waals surface area contributed by atoms with E-state index in [1.54, 1.807) is 12.3 Å². The van der Waals surface area contributed by atoms with Crippen molar-refractivity contribution in [3.05, 3.63) is 46.9 Å². The topological polar surface area (TPSA) is 37.8 Å². The third-order valence-electron chi connectivity index (χ3n) is 2.82. The lowest BCUT2D eigenvalue weighted by atomic mass is 10.2. The summed E-state index contributed by atoms with van der Waals surface area (Å²) in [6.07, 6.45) is 1.76.